The molecule has 2 nitrogen and oxygen atoms in total. The van der Waals surface area contributed by atoms with Crippen molar-refractivity contribution in [3.05, 3.63) is 58.7 Å². The molecule has 0 radical (unpaired) electrons. The number of aromatic hydroxyl groups is 2. The summed E-state index contributed by atoms with van der Waals surface area (Å²) in [5.74, 6) is 0.717. The fourth-order valence-electron chi connectivity index (χ4n) is 4.49. The number of phenols is 2. The van der Waals surface area contributed by atoms with E-state index < -0.39 is 0 Å². The van der Waals surface area contributed by atoms with Crippen molar-refractivity contribution in [2.75, 3.05) is 0 Å². The number of benzene rings is 2. The topological polar surface area (TPSA) is 40.5 Å². The van der Waals surface area contributed by atoms with Gasteiger partial charge in [0.15, 0.2) is 0 Å². The SMILES string of the molecule is CCCCCCCCc1cccc(O)c1Cc1c(O)cccc1CCCCCCCC. The molecule has 0 aliphatic carbocycles. The zero-order valence-electron chi connectivity index (χ0n) is 20.0. The lowest BCUT2D eigenvalue weighted by atomic mass is 9.91. The van der Waals surface area contributed by atoms with Gasteiger partial charge >= 0.3 is 0 Å². The third-order valence-electron chi connectivity index (χ3n) is 6.45. The molecular formula is C29H44O2. The van der Waals surface area contributed by atoms with Crippen molar-refractivity contribution in [1.29, 1.82) is 0 Å². The molecule has 0 saturated heterocycles. The van der Waals surface area contributed by atoms with Crippen LogP contribution in [0.5, 0.6) is 11.5 Å². The highest BCUT2D eigenvalue weighted by molar-refractivity contribution is 5.48. The summed E-state index contributed by atoms with van der Waals surface area (Å²) in [6.07, 6.45) is 17.8. The maximum atomic E-state index is 10.6. The standard InChI is InChI=1S/C29H44O2/c1-3-5-7-9-11-13-17-24-19-15-21-28(30)26(24)23-27-25(20-16-22-29(27)31)18-14-12-10-8-6-4-2/h15-16,19-22,30-31H,3-14,17-18,23H2,1-2H3. The van der Waals surface area contributed by atoms with Crippen LogP contribution in [0.25, 0.3) is 0 Å². The summed E-state index contributed by atoms with van der Waals surface area (Å²) in [7, 11) is 0. The fraction of sp³-hybridized carbons (Fsp3) is 0.586. The molecule has 0 aliphatic rings. The zero-order chi connectivity index (χ0) is 22.3. The minimum absolute atomic E-state index is 0.359. The van der Waals surface area contributed by atoms with Crippen LogP contribution >= 0.6 is 0 Å². The Balaban J connectivity index is 2.02. The van der Waals surface area contributed by atoms with Gasteiger partial charge in [-0.2, -0.15) is 0 Å². The van der Waals surface area contributed by atoms with E-state index in [9.17, 15) is 10.2 Å². The quantitative estimate of drug-likeness (QED) is 0.265. The highest BCUT2D eigenvalue weighted by Crippen LogP contribution is 2.31. The molecule has 0 fully saturated rings. The lowest BCUT2D eigenvalue weighted by Gasteiger charge is -2.16. The van der Waals surface area contributed by atoms with Gasteiger partial charge in [-0.3, -0.25) is 0 Å². The summed E-state index contributed by atoms with van der Waals surface area (Å²) in [5, 5.41) is 21.2. The van der Waals surface area contributed by atoms with E-state index in [1.807, 2.05) is 12.1 Å². The van der Waals surface area contributed by atoms with Crippen molar-refractivity contribution in [3.8, 4) is 11.5 Å². The second-order valence-electron chi connectivity index (χ2n) is 9.04. The molecule has 31 heavy (non-hydrogen) atoms. The van der Waals surface area contributed by atoms with E-state index in [0.29, 0.717) is 17.9 Å². The smallest absolute Gasteiger partial charge is 0.119 e. The third-order valence-corrected chi connectivity index (χ3v) is 6.45. The molecule has 2 rings (SSSR count). The molecule has 0 unspecified atom stereocenters. The Morgan fingerprint density at radius 1 is 0.516 bits per heavy atom. The van der Waals surface area contributed by atoms with Gasteiger partial charge in [0.05, 0.1) is 0 Å². The minimum atomic E-state index is 0.359. The van der Waals surface area contributed by atoms with Crippen LogP contribution < -0.4 is 0 Å². The molecule has 2 N–H and O–H groups in total. The van der Waals surface area contributed by atoms with Gasteiger partial charge in [-0.25, -0.2) is 0 Å². The van der Waals surface area contributed by atoms with Crippen LogP contribution in [0, 0.1) is 0 Å². The zero-order valence-corrected chi connectivity index (χ0v) is 20.0. The molecule has 0 amide bonds. The molecule has 0 bridgehead atoms. The van der Waals surface area contributed by atoms with Gasteiger partial charge in [0.25, 0.3) is 0 Å². The predicted molar refractivity (Wildman–Crippen MR) is 133 cm³/mol. The normalized spacial score (nSPS) is 11.2. The number of hydrogen-bond acceptors (Lipinski definition) is 2. The van der Waals surface area contributed by atoms with E-state index in [1.165, 1.54) is 75.3 Å². The lowest BCUT2D eigenvalue weighted by molar-refractivity contribution is 0.461. The Labute approximate surface area is 190 Å². The molecule has 2 aromatic carbocycles. The molecule has 172 valence electrons. The number of unbranched alkanes of at least 4 members (excludes halogenated alkanes) is 10. The Morgan fingerprint density at radius 3 is 1.32 bits per heavy atom. The monoisotopic (exact) mass is 424 g/mol. The lowest BCUT2D eigenvalue weighted by Crippen LogP contribution is -2.01. The van der Waals surface area contributed by atoms with Gasteiger partial charge in [-0.15, -0.1) is 0 Å². The van der Waals surface area contributed by atoms with Crippen LogP contribution in [-0.2, 0) is 19.3 Å². The van der Waals surface area contributed by atoms with E-state index in [0.717, 1.165) is 36.8 Å². The predicted octanol–water partition coefficient (Wildman–Crippen LogP) is 8.49. The van der Waals surface area contributed by atoms with E-state index in [-0.39, 0.29) is 0 Å². The van der Waals surface area contributed by atoms with E-state index in [1.54, 1.807) is 12.1 Å². The van der Waals surface area contributed by atoms with Gasteiger partial charge in [-0.05, 0) is 48.9 Å². The fourth-order valence-corrected chi connectivity index (χ4v) is 4.49. The highest BCUT2D eigenvalue weighted by atomic mass is 16.3. The molecule has 0 atom stereocenters. The van der Waals surface area contributed by atoms with Crippen LogP contribution in [0.15, 0.2) is 36.4 Å². The maximum Gasteiger partial charge on any atom is 0.119 e. The van der Waals surface area contributed by atoms with Gasteiger partial charge in [0.2, 0.25) is 0 Å². The average molecular weight is 425 g/mol. The molecule has 0 aromatic heterocycles. The summed E-state index contributed by atoms with van der Waals surface area (Å²) < 4.78 is 0. The van der Waals surface area contributed by atoms with E-state index in [4.69, 9.17) is 0 Å². The van der Waals surface area contributed by atoms with E-state index >= 15 is 0 Å². The minimum Gasteiger partial charge on any atom is -0.508 e. The van der Waals surface area contributed by atoms with Crippen molar-refractivity contribution in [2.45, 2.75) is 110 Å². The van der Waals surface area contributed by atoms with Crippen LogP contribution in [0.1, 0.15) is 113 Å². The Bertz CT molecular complexity index is 687. The van der Waals surface area contributed by atoms with Gasteiger partial charge in [-0.1, -0.05) is 102 Å². The Kier molecular flexibility index (Phi) is 12.2. The largest absolute Gasteiger partial charge is 0.508 e. The first-order chi connectivity index (χ1) is 15.2. The summed E-state index contributed by atoms with van der Waals surface area (Å²) >= 11 is 0. The first kappa shape index (κ1) is 25.3. The highest BCUT2D eigenvalue weighted by Gasteiger charge is 2.14. The first-order valence-electron chi connectivity index (χ1n) is 12.8. The summed E-state index contributed by atoms with van der Waals surface area (Å²) in [5.41, 5.74) is 4.43. The van der Waals surface area contributed by atoms with Crippen molar-refractivity contribution < 1.29 is 10.2 Å². The molecule has 2 aromatic rings. The van der Waals surface area contributed by atoms with Gasteiger partial charge in [0.1, 0.15) is 11.5 Å². The van der Waals surface area contributed by atoms with Gasteiger partial charge in [0, 0.05) is 17.5 Å². The van der Waals surface area contributed by atoms with E-state index in [2.05, 4.69) is 26.0 Å². The first-order valence-corrected chi connectivity index (χ1v) is 12.8. The summed E-state index contributed by atoms with van der Waals surface area (Å²) in [6, 6.07) is 11.8. The van der Waals surface area contributed by atoms with Crippen LogP contribution in [0.2, 0.25) is 0 Å². The number of aryl methyl sites for hydroxylation is 2. The van der Waals surface area contributed by atoms with Gasteiger partial charge < -0.3 is 10.2 Å². The van der Waals surface area contributed by atoms with Crippen LogP contribution in [0.3, 0.4) is 0 Å². The van der Waals surface area contributed by atoms with Crippen LogP contribution in [0.4, 0.5) is 0 Å². The number of rotatable bonds is 16. The van der Waals surface area contributed by atoms with Crippen molar-refractivity contribution >= 4 is 0 Å². The molecule has 0 spiro atoms. The second kappa shape index (κ2) is 14.9. The molecule has 0 saturated carbocycles. The summed E-state index contributed by atoms with van der Waals surface area (Å²) in [6.45, 7) is 4.50. The molecule has 0 aliphatic heterocycles. The summed E-state index contributed by atoms with van der Waals surface area (Å²) in [4.78, 5) is 0. The Hall–Kier alpha value is -1.96. The van der Waals surface area contributed by atoms with Crippen molar-refractivity contribution in [3.63, 3.8) is 0 Å². The number of hydrogen-bond donors (Lipinski definition) is 2. The molecule has 2 heteroatoms. The third kappa shape index (κ3) is 8.97. The number of phenolic OH excluding ortho intramolecular Hbond substituents is 2. The maximum absolute atomic E-state index is 10.6. The second-order valence-corrected chi connectivity index (χ2v) is 9.04. The molecular weight excluding hydrogens is 380 g/mol. The molecule has 0 heterocycles. The van der Waals surface area contributed by atoms with Crippen LogP contribution in [-0.4, -0.2) is 10.2 Å². The van der Waals surface area contributed by atoms with Crippen molar-refractivity contribution in [2.24, 2.45) is 0 Å². The average Bonchev–Trinajstić information content (AvgIpc) is 2.76. The van der Waals surface area contributed by atoms with Crippen molar-refractivity contribution in [1.82, 2.24) is 0 Å². The Morgan fingerprint density at radius 2 is 0.903 bits per heavy atom.